The Morgan fingerprint density at radius 3 is 2.65 bits per heavy atom. The second kappa shape index (κ2) is 6.69. The monoisotopic (exact) mass is 300 g/mol. The third-order valence-corrected chi connectivity index (χ3v) is 5.60. The van der Waals surface area contributed by atoms with Crippen molar-refractivity contribution in [2.24, 2.45) is 13.0 Å². The summed E-state index contributed by atoms with van der Waals surface area (Å²) in [4.78, 5) is 0.294. The minimum absolute atomic E-state index is 0.294. The lowest BCUT2D eigenvalue weighted by Gasteiger charge is -2.31. The van der Waals surface area contributed by atoms with Gasteiger partial charge >= 0.3 is 0 Å². The Balaban J connectivity index is 1.90. The maximum absolute atomic E-state index is 12.4. The Labute approximate surface area is 121 Å². The van der Waals surface area contributed by atoms with E-state index in [4.69, 9.17) is 0 Å². The molecular weight excluding hydrogens is 276 g/mol. The molecule has 1 aromatic heterocycles. The zero-order valence-electron chi connectivity index (χ0n) is 12.2. The quantitative estimate of drug-likeness (QED) is 0.790. The Morgan fingerprint density at radius 2 is 2.10 bits per heavy atom. The van der Waals surface area contributed by atoms with Crippen LogP contribution in [0.3, 0.4) is 0 Å². The number of sulfonamides is 1. The largest absolute Gasteiger partial charge is 0.316 e. The zero-order valence-corrected chi connectivity index (χ0v) is 13.1. The normalized spacial score (nSPS) is 18.5. The maximum atomic E-state index is 12.4. The number of piperidine rings is 1. The van der Waals surface area contributed by atoms with E-state index in [0.717, 1.165) is 32.4 Å². The molecule has 114 valence electrons. The van der Waals surface area contributed by atoms with Crippen molar-refractivity contribution in [1.82, 2.24) is 19.4 Å². The smallest absolute Gasteiger partial charge is 0.246 e. The van der Waals surface area contributed by atoms with Crippen molar-refractivity contribution in [3.05, 3.63) is 12.4 Å². The second-order valence-electron chi connectivity index (χ2n) is 5.40. The van der Waals surface area contributed by atoms with Crippen LogP contribution in [-0.4, -0.2) is 48.7 Å². The fourth-order valence-electron chi connectivity index (χ4n) is 2.52. The summed E-state index contributed by atoms with van der Waals surface area (Å²) in [5, 5.41) is 7.36. The second-order valence-corrected chi connectivity index (χ2v) is 7.34. The predicted octanol–water partition coefficient (Wildman–Crippen LogP) is 0.820. The van der Waals surface area contributed by atoms with Gasteiger partial charge in [0, 0.05) is 26.3 Å². The lowest BCUT2D eigenvalue weighted by atomic mass is 9.98. The number of hydrogen-bond donors (Lipinski definition) is 1. The Bertz CT molecular complexity index is 518. The van der Waals surface area contributed by atoms with Gasteiger partial charge in [0.2, 0.25) is 10.0 Å². The highest BCUT2D eigenvalue weighted by Gasteiger charge is 2.29. The summed E-state index contributed by atoms with van der Waals surface area (Å²) in [6.07, 6.45) is 5.97. The van der Waals surface area contributed by atoms with Crippen LogP contribution in [0.4, 0.5) is 0 Å². The first-order chi connectivity index (χ1) is 9.54. The molecule has 6 nitrogen and oxygen atoms in total. The number of rotatable bonds is 6. The van der Waals surface area contributed by atoms with Crippen LogP contribution in [-0.2, 0) is 17.1 Å². The van der Waals surface area contributed by atoms with Gasteiger partial charge in [-0.1, -0.05) is 6.92 Å². The van der Waals surface area contributed by atoms with Crippen LogP contribution < -0.4 is 5.32 Å². The summed E-state index contributed by atoms with van der Waals surface area (Å²) in [6, 6.07) is 0. The van der Waals surface area contributed by atoms with Gasteiger partial charge in [0.05, 0.1) is 6.20 Å². The number of aromatic nitrogens is 2. The third kappa shape index (κ3) is 3.59. The van der Waals surface area contributed by atoms with E-state index < -0.39 is 10.0 Å². The van der Waals surface area contributed by atoms with E-state index in [-0.39, 0.29) is 0 Å². The van der Waals surface area contributed by atoms with Gasteiger partial charge in [-0.3, -0.25) is 4.68 Å². The molecule has 20 heavy (non-hydrogen) atoms. The maximum Gasteiger partial charge on any atom is 0.246 e. The van der Waals surface area contributed by atoms with Gasteiger partial charge < -0.3 is 5.32 Å². The van der Waals surface area contributed by atoms with Crippen LogP contribution in [0.2, 0.25) is 0 Å². The van der Waals surface area contributed by atoms with Gasteiger partial charge in [-0.25, -0.2) is 8.42 Å². The molecule has 1 N–H and O–H groups in total. The Kier molecular flexibility index (Phi) is 5.17. The first kappa shape index (κ1) is 15.5. The zero-order chi connectivity index (χ0) is 14.6. The van der Waals surface area contributed by atoms with Gasteiger partial charge in [0.15, 0.2) is 0 Å². The van der Waals surface area contributed by atoms with Crippen LogP contribution in [0.25, 0.3) is 0 Å². The van der Waals surface area contributed by atoms with Crippen molar-refractivity contribution in [2.45, 2.75) is 31.1 Å². The topological polar surface area (TPSA) is 67.2 Å². The van der Waals surface area contributed by atoms with E-state index in [2.05, 4.69) is 17.3 Å². The molecule has 0 aliphatic carbocycles. The summed E-state index contributed by atoms with van der Waals surface area (Å²) in [7, 11) is -1.63. The SMILES string of the molecule is CCCNCC1CCN(S(=O)(=O)c2cnn(C)c2)CC1. The molecule has 1 fully saturated rings. The standard InChI is InChI=1S/C13H24N4O2S/c1-3-6-14-9-12-4-7-17(8-5-12)20(18,19)13-10-15-16(2)11-13/h10-12,14H,3-9H2,1-2H3. The van der Waals surface area contributed by atoms with E-state index in [1.807, 2.05) is 0 Å². The fraction of sp³-hybridized carbons (Fsp3) is 0.769. The van der Waals surface area contributed by atoms with E-state index in [0.29, 0.717) is 23.9 Å². The van der Waals surface area contributed by atoms with Gasteiger partial charge in [-0.2, -0.15) is 9.40 Å². The molecule has 1 aliphatic heterocycles. The molecule has 1 saturated heterocycles. The average molecular weight is 300 g/mol. The number of aryl methyl sites for hydroxylation is 1. The Morgan fingerprint density at radius 1 is 1.40 bits per heavy atom. The lowest BCUT2D eigenvalue weighted by molar-refractivity contribution is 0.267. The summed E-state index contributed by atoms with van der Waals surface area (Å²) in [5.74, 6) is 0.585. The van der Waals surface area contributed by atoms with Crippen molar-refractivity contribution in [1.29, 1.82) is 0 Å². The highest BCUT2D eigenvalue weighted by molar-refractivity contribution is 7.89. The minimum atomic E-state index is -3.36. The van der Waals surface area contributed by atoms with Crippen molar-refractivity contribution >= 4 is 10.0 Å². The van der Waals surface area contributed by atoms with Gasteiger partial charge in [0.1, 0.15) is 4.90 Å². The van der Waals surface area contributed by atoms with Gasteiger partial charge in [-0.05, 0) is 38.3 Å². The van der Waals surface area contributed by atoms with E-state index in [9.17, 15) is 8.42 Å². The summed E-state index contributed by atoms with van der Waals surface area (Å²) in [5.41, 5.74) is 0. The predicted molar refractivity (Wildman–Crippen MR) is 77.9 cm³/mol. The van der Waals surface area contributed by atoms with Crippen LogP contribution in [0, 0.1) is 5.92 Å². The van der Waals surface area contributed by atoms with Crippen LogP contribution in [0.15, 0.2) is 17.3 Å². The van der Waals surface area contributed by atoms with Crippen LogP contribution in [0.1, 0.15) is 26.2 Å². The molecular formula is C13H24N4O2S. The number of nitrogens with zero attached hydrogens (tertiary/aromatic N) is 3. The van der Waals surface area contributed by atoms with Crippen molar-refractivity contribution < 1.29 is 8.42 Å². The lowest BCUT2D eigenvalue weighted by Crippen LogP contribution is -2.40. The number of hydrogen-bond acceptors (Lipinski definition) is 4. The minimum Gasteiger partial charge on any atom is -0.316 e. The Hall–Kier alpha value is -0.920. The highest BCUT2D eigenvalue weighted by Crippen LogP contribution is 2.23. The van der Waals surface area contributed by atoms with Crippen molar-refractivity contribution in [3.8, 4) is 0 Å². The summed E-state index contributed by atoms with van der Waals surface area (Å²) < 4.78 is 28.0. The molecule has 0 bridgehead atoms. The van der Waals surface area contributed by atoms with E-state index in [1.165, 1.54) is 10.9 Å². The first-order valence-corrected chi connectivity index (χ1v) is 8.67. The molecule has 0 saturated carbocycles. The van der Waals surface area contributed by atoms with Crippen molar-refractivity contribution in [2.75, 3.05) is 26.2 Å². The van der Waals surface area contributed by atoms with E-state index in [1.54, 1.807) is 17.5 Å². The average Bonchev–Trinajstić information content (AvgIpc) is 2.87. The van der Waals surface area contributed by atoms with E-state index >= 15 is 0 Å². The molecule has 0 unspecified atom stereocenters. The number of nitrogens with one attached hydrogen (secondary N) is 1. The molecule has 1 aromatic rings. The van der Waals surface area contributed by atoms with Crippen molar-refractivity contribution in [3.63, 3.8) is 0 Å². The molecule has 2 rings (SSSR count). The molecule has 1 aliphatic rings. The molecule has 0 spiro atoms. The van der Waals surface area contributed by atoms with Crippen LogP contribution in [0.5, 0.6) is 0 Å². The molecule has 2 heterocycles. The third-order valence-electron chi connectivity index (χ3n) is 3.75. The summed E-state index contributed by atoms with van der Waals surface area (Å²) >= 11 is 0. The highest BCUT2D eigenvalue weighted by atomic mass is 32.2. The molecule has 0 atom stereocenters. The van der Waals surface area contributed by atoms with Crippen LogP contribution >= 0.6 is 0 Å². The molecule has 0 aromatic carbocycles. The fourth-order valence-corrected chi connectivity index (χ4v) is 3.97. The first-order valence-electron chi connectivity index (χ1n) is 7.23. The molecule has 7 heteroatoms. The summed E-state index contributed by atoms with van der Waals surface area (Å²) in [6.45, 7) is 5.39. The van der Waals surface area contributed by atoms with Gasteiger partial charge in [0.25, 0.3) is 0 Å². The van der Waals surface area contributed by atoms with Gasteiger partial charge in [-0.15, -0.1) is 0 Å². The molecule has 0 amide bonds. The molecule has 0 radical (unpaired) electrons.